The SMILES string of the molecule is Cc1ccc(C2(CNCC(C)C)CC3(CC3)C2)cc1C. The standard InChI is InChI=1S/C19H29N/c1-14(2)10-20-13-19(11-18(12-19)7-8-18)17-6-5-15(3)16(4)9-17/h5-6,9,14,20H,7-8,10-13H2,1-4H3. The van der Waals surface area contributed by atoms with Crippen LogP contribution >= 0.6 is 0 Å². The second-order valence-corrected chi connectivity index (χ2v) is 7.96. The molecule has 0 heterocycles. The van der Waals surface area contributed by atoms with E-state index in [0.29, 0.717) is 5.41 Å². The van der Waals surface area contributed by atoms with Crippen molar-refractivity contribution in [2.24, 2.45) is 11.3 Å². The van der Waals surface area contributed by atoms with Crippen LogP contribution in [0.5, 0.6) is 0 Å². The van der Waals surface area contributed by atoms with Gasteiger partial charge in [0.05, 0.1) is 0 Å². The van der Waals surface area contributed by atoms with Gasteiger partial charge in [-0.25, -0.2) is 0 Å². The zero-order valence-electron chi connectivity index (χ0n) is 13.6. The molecule has 2 aliphatic rings. The molecule has 1 N–H and O–H groups in total. The monoisotopic (exact) mass is 271 g/mol. The molecule has 2 fully saturated rings. The first-order valence-electron chi connectivity index (χ1n) is 8.23. The van der Waals surface area contributed by atoms with E-state index in [1.54, 1.807) is 5.56 Å². The molecule has 110 valence electrons. The van der Waals surface area contributed by atoms with Crippen LogP contribution < -0.4 is 5.32 Å². The van der Waals surface area contributed by atoms with Gasteiger partial charge in [-0.1, -0.05) is 32.0 Å². The van der Waals surface area contributed by atoms with Crippen molar-refractivity contribution < 1.29 is 0 Å². The Labute approximate surface area is 124 Å². The molecule has 0 saturated heterocycles. The number of hydrogen-bond donors (Lipinski definition) is 1. The number of aryl methyl sites for hydroxylation is 2. The minimum atomic E-state index is 0.420. The zero-order chi connectivity index (χ0) is 14.4. The Hall–Kier alpha value is -0.820. The predicted molar refractivity (Wildman–Crippen MR) is 86.2 cm³/mol. The van der Waals surface area contributed by atoms with E-state index in [4.69, 9.17) is 0 Å². The summed E-state index contributed by atoms with van der Waals surface area (Å²) in [4.78, 5) is 0. The van der Waals surface area contributed by atoms with Crippen LogP contribution in [0.4, 0.5) is 0 Å². The molecule has 1 aromatic carbocycles. The third-order valence-corrected chi connectivity index (χ3v) is 5.52. The highest BCUT2D eigenvalue weighted by molar-refractivity contribution is 5.39. The molecule has 1 heteroatoms. The fourth-order valence-corrected chi connectivity index (χ4v) is 4.02. The quantitative estimate of drug-likeness (QED) is 0.839. The average molecular weight is 271 g/mol. The molecule has 1 aromatic rings. The van der Waals surface area contributed by atoms with Gasteiger partial charge in [-0.3, -0.25) is 0 Å². The minimum absolute atomic E-state index is 0.420. The van der Waals surface area contributed by atoms with Crippen LogP contribution in [-0.2, 0) is 5.41 Å². The maximum Gasteiger partial charge on any atom is 0.00884 e. The van der Waals surface area contributed by atoms with Gasteiger partial charge >= 0.3 is 0 Å². The average Bonchev–Trinajstić information content (AvgIpc) is 3.11. The third kappa shape index (κ3) is 2.53. The summed E-state index contributed by atoms with van der Waals surface area (Å²) in [5.41, 5.74) is 5.61. The van der Waals surface area contributed by atoms with Crippen LogP contribution in [0.1, 0.15) is 56.2 Å². The summed E-state index contributed by atoms with van der Waals surface area (Å²) in [7, 11) is 0. The van der Waals surface area contributed by atoms with Crippen molar-refractivity contribution in [1.29, 1.82) is 0 Å². The van der Waals surface area contributed by atoms with Crippen molar-refractivity contribution in [1.82, 2.24) is 5.32 Å². The van der Waals surface area contributed by atoms with Crippen molar-refractivity contribution in [3.63, 3.8) is 0 Å². The lowest BCUT2D eigenvalue weighted by molar-refractivity contribution is 0.115. The van der Waals surface area contributed by atoms with E-state index in [1.807, 2.05) is 0 Å². The molecule has 2 aliphatic carbocycles. The van der Waals surface area contributed by atoms with Crippen molar-refractivity contribution in [2.75, 3.05) is 13.1 Å². The molecule has 0 amide bonds. The molecule has 20 heavy (non-hydrogen) atoms. The Morgan fingerprint density at radius 3 is 2.35 bits per heavy atom. The van der Waals surface area contributed by atoms with Crippen molar-refractivity contribution in [2.45, 2.75) is 58.8 Å². The number of nitrogens with one attached hydrogen (secondary N) is 1. The Kier molecular flexibility index (Phi) is 3.44. The molecule has 3 rings (SSSR count). The van der Waals surface area contributed by atoms with E-state index in [1.165, 1.54) is 36.8 Å². The first-order chi connectivity index (χ1) is 9.45. The van der Waals surface area contributed by atoms with Crippen LogP contribution in [0.2, 0.25) is 0 Å². The Morgan fingerprint density at radius 2 is 1.80 bits per heavy atom. The predicted octanol–water partition coefficient (Wildman–Crippen LogP) is 4.36. The van der Waals surface area contributed by atoms with E-state index in [2.05, 4.69) is 51.2 Å². The summed E-state index contributed by atoms with van der Waals surface area (Å²) in [6, 6.07) is 7.14. The number of benzene rings is 1. The van der Waals surface area contributed by atoms with Gasteiger partial charge in [0.25, 0.3) is 0 Å². The molecule has 1 nitrogen and oxygen atoms in total. The van der Waals surface area contributed by atoms with Gasteiger partial charge in [0, 0.05) is 12.0 Å². The molecular formula is C19H29N. The van der Waals surface area contributed by atoms with Crippen LogP contribution in [-0.4, -0.2) is 13.1 Å². The second-order valence-electron chi connectivity index (χ2n) is 7.96. The van der Waals surface area contributed by atoms with Crippen LogP contribution in [0.3, 0.4) is 0 Å². The van der Waals surface area contributed by atoms with Gasteiger partial charge in [0.2, 0.25) is 0 Å². The lowest BCUT2D eigenvalue weighted by atomic mass is 9.56. The fourth-order valence-electron chi connectivity index (χ4n) is 4.02. The third-order valence-electron chi connectivity index (χ3n) is 5.52. The highest BCUT2D eigenvalue weighted by Crippen LogP contribution is 2.68. The molecule has 0 radical (unpaired) electrons. The van der Waals surface area contributed by atoms with E-state index >= 15 is 0 Å². The minimum Gasteiger partial charge on any atom is -0.316 e. The molecule has 0 bridgehead atoms. The van der Waals surface area contributed by atoms with Crippen LogP contribution in [0.15, 0.2) is 18.2 Å². The maximum atomic E-state index is 3.73. The van der Waals surface area contributed by atoms with Crippen LogP contribution in [0, 0.1) is 25.2 Å². The van der Waals surface area contributed by atoms with E-state index in [-0.39, 0.29) is 0 Å². The first-order valence-corrected chi connectivity index (χ1v) is 8.23. The first kappa shape index (κ1) is 14.1. The summed E-state index contributed by atoms with van der Waals surface area (Å²) >= 11 is 0. The van der Waals surface area contributed by atoms with Gasteiger partial charge in [-0.15, -0.1) is 0 Å². The summed E-state index contributed by atoms with van der Waals surface area (Å²) in [6.45, 7) is 11.3. The highest BCUT2D eigenvalue weighted by Gasteiger charge is 2.60. The van der Waals surface area contributed by atoms with E-state index in [9.17, 15) is 0 Å². The van der Waals surface area contributed by atoms with Crippen molar-refractivity contribution >= 4 is 0 Å². The molecule has 2 saturated carbocycles. The van der Waals surface area contributed by atoms with Gasteiger partial charge < -0.3 is 5.32 Å². The largest absolute Gasteiger partial charge is 0.316 e. The Balaban J connectivity index is 1.77. The molecule has 1 spiro atoms. The fraction of sp³-hybridized carbons (Fsp3) is 0.684. The smallest absolute Gasteiger partial charge is 0.00884 e. The highest BCUT2D eigenvalue weighted by atomic mass is 14.9. The maximum absolute atomic E-state index is 3.73. The summed E-state index contributed by atoms with van der Waals surface area (Å²) in [6.07, 6.45) is 5.77. The summed E-state index contributed by atoms with van der Waals surface area (Å²) in [5, 5.41) is 3.73. The van der Waals surface area contributed by atoms with Gasteiger partial charge in [0.1, 0.15) is 0 Å². The number of rotatable bonds is 5. The lowest BCUT2D eigenvalue weighted by Crippen LogP contribution is -2.50. The Bertz CT molecular complexity index is 488. The normalized spacial score (nSPS) is 22.1. The van der Waals surface area contributed by atoms with Crippen molar-refractivity contribution in [3.8, 4) is 0 Å². The van der Waals surface area contributed by atoms with E-state index < -0.39 is 0 Å². The van der Waals surface area contributed by atoms with E-state index in [0.717, 1.165) is 24.4 Å². The summed E-state index contributed by atoms with van der Waals surface area (Å²) < 4.78 is 0. The Morgan fingerprint density at radius 1 is 1.10 bits per heavy atom. The second kappa shape index (κ2) is 4.87. The van der Waals surface area contributed by atoms with Crippen molar-refractivity contribution in [3.05, 3.63) is 34.9 Å². The topological polar surface area (TPSA) is 12.0 Å². The van der Waals surface area contributed by atoms with Crippen LogP contribution in [0.25, 0.3) is 0 Å². The van der Waals surface area contributed by atoms with Gasteiger partial charge in [-0.2, -0.15) is 0 Å². The molecule has 0 unspecified atom stereocenters. The van der Waals surface area contributed by atoms with Gasteiger partial charge in [0.15, 0.2) is 0 Å². The molecule has 0 atom stereocenters. The molecular weight excluding hydrogens is 242 g/mol. The number of hydrogen-bond acceptors (Lipinski definition) is 1. The summed E-state index contributed by atoms with van der Waals surface area (Å²) in [5.74, 6) is 0.738. The van der Waals surface area contributed by atoms with Gasteiger partial charge in [-0.05, 0) is 74.1 Å². The molecule has 0 aliphatic heterocycles. The lowest BCUT2D eigenvalue weighted by Gasteiger charge is -2.50. The molecule has 0 aromatic heterocycles. The zero-order valence-corrected chi connectivity index (χ0v) is 13.6.